The van der Waals surface area contributed by atoms with Crippen LogP contribution in [-0.4, -0.2) is 22.7 Å². The molecule has 0 spiro atoms. The summed E-state index contributed by atoms with van der Waals surface area (Å²) >= 11 is 5.07. The molecule has 0 saturated carbocycles. The van der Waals surface area contributed by atoms with E-state index in [0.29, 0.717) is 12.1 Å². The minimum Gasteiger partial charge on any atom is -0.493 e. The number of hydrogen-bond acceptors (Lipinski definition) is 6. The van der Waals surface area contributed by atoms with E-state index >= 15 is 0 Å². The van der Waals surface area contributed by atoms with E-state index in [1.165, 1.54) is 23.4 Å². The highest BCUT2D eigenvalue weighted by Crippen LogP contribution is 2.38. The number of nitrogens with one attached hydrogen (secondary N) is 3. The molecule has 0 aromatic heterocycles. The van der Waals surface area contributed by atoms with Crippen molar-refractivity contribution in [2.24, 2.45) is 0 Å². The average molecular weight is 454 g/mol. The maximum atomic E-state index is 13.4. The lowest BCUT2D eigenvalue weighted by atomic mass is 10.1. The first kappa shape index (κ1) is 22.6. The summed E-state index contributed by atoms with van der Waals surface area (Å²) in [6.45, 7) is 2.20. The molecular weight excluding hydrogens is 433 g/mol. The van der Waals surface area contributed by atoms with Gasteiger partial charge in [-0.1, -0.05) is 19.8 Å². The lowest BCUT2D eigenvalue weighted by molar-refractivity contribution is -0.138. The number of carbonyl (C=O) groups is 1. The number of amides is 1. The lowest BCUT2D eigenvalue weighted by Gasteiger charge is -2.18. The summed E-state index contributed by atoms with van der Waals surface area (Å²) < 4.78 is 45.7. The van der Waals surface area contributed by atoms with Crippen molar-refractivity contribution in [2.75, 3.05) is 11.9 Å². The van der Waals surface area contributed by atoms with Crippen LogP contribution in [-0.2, 0) is 15.9 Å². The smallest absolute Gasteiger partial charge is 0.420 e. The van der Waals surface area contributed by atoms with Crippen LogP contribution in [0.2, 0.25) is 0 Å². The molecule has 3 rings (SSSR count). The third-order valence-corrected chi connectivity index (χ3v) is 4.54. The Labute approximate surface area is 182 Å². The molecule has 1 aromatic carbocycles. The maximum Gasteiger partial charge on any atom is 0.420 e. The van der Waals surface area contributed by atoms with Gasteiger partial charge in [-0.3, -0.25) is 10.1 Å². The average Bonchev–Trinajstić information content (AvgIpc) is 3.19. The quantitative estimate of drug-likeness (QED) is 0.423. The fourth-order valence-corrected chi connectivity index (χ4v) is 3.00. The molecule has 0 fully saturated rings. The van der Waals surface area contributed by atoms with Gasteiger partial charge in [0, 0.05) is 11.9 Å². The van der Waals surface area contributed by atoms with E-state index in [1.54, 1.807) is 18.4 Å². The monoisotopic (exact) mass is 454 g/mol. The van der Waals surface area contributed by atoms with Crippen molar-refractivity contribution < 1.29 is 27.6 Å². The highest BCUT2D eigenvalue weighted by molar-refractivity contribution is 7.80. The summed E-state index contributed by atoms with van der Waals surface area (Å²) in [6, 6.07) is 3.54. The van der Waals surface area contributed by atoms with Crippen LogP contribution in [0.15, 0.2) is 54.0 Å². The van der Waals surface area contributed by atoms with Gasteiger partial charge in [0.25, 0.3) is 5.91 Å². The molecule has 3 N–H and O–H groups in total. The zero-order valence-electron chi connectivity index (χ0n) is 16.6. The van der Waals surface area contributed by atoms with Crippen LogP contribution in [0.5, 0.6) is 5.75 Å². The normalized spacial score (nSPS) is 14.9. The maximum absolute atomic E-state index is 13.4. The Morgan fingerprint density at radius 3 is 2.84 bits per heavy atom. The predicted octanol–water partition coefficient (Wildman–Crippen LogP) is 4.13. The van der Waals surface area contributed by atoms with Crippen LogP contribution in [0.1, 0.15) is 31.7 Å². The molecule has 0 unspecified atom stereocenters. The lowest BCUT2D eigenvalue weighted by Crippen LogP contribution is -2.35. The Morgan fingerprint density at radius 2 is 2.10 bits per heavy atom. The highest BCUT2D eigenvalue weighted by Gasteiger charge is 2.35. The van der Waals surface area contributed by atoms with Crippen molar-refractivity contribution in [3.63, 3.8) is 0 Å². The van der Waals surface area contributed by atoms with Gasteiger partial charge in [0.2, 0.25) is 0 Å². The van der Waals surface area contributed by atoms with E-state index in [-0.39, 0.29) is 28.7 Å². The molecule has 2 aliphatic heterocycles. The van der Waals surface area contributed by atoms with E-state index in [0.717, 1.165) is 18.9 Å². The summed E-state index contributed by atoms with van der Waals surface area (Å²) in [6.07, 6.45) is 4.13. The fourth-order valence-electron chi connectivity index (χ4n) is 2.79. The number of allylic oxidation sites excluding steroid dienone is 1. The Kier molecular flexibility index (Phi) is 7.18. The summed E-state index contributed by atoms with van der Waals surface area (Å²) in [5, 5.41) is 6.22. The SMILES string of the molecule is CCCCCOc1ccc(NC(=S)NC(=O)C2=CN3ONC=C3C=C2)cc1C(F)(F)F. The molecule has 166 valence electrons. The van der Waals surface area contributed by atoms with Gasteiger partial charge in [0.05, 0.1) is 29.6 Å². The largest absolute Gasteiger partial charge is 0.493 e. The van der Waals surface area contributed by atoms with E-state index < -0.39 is 17.6 Å². The molecule has 7 nitrogen and oxygen atoms in total. The Morgan fingerprint density at radius 1 is 1.29 bits per heavy atom. The molecule has 0 atom stereocenters. The van der Waals surface area contributed by atoms with Crippen LogP contribution in [0.25, 0.3) is 0 Å². The number of halogens is 3. The summed E-state index contributed by atoms with van der Waals surface area (Å²) in [4.78, 5) is 17.4. The van der Waals surface area contributed by atoms with Crippen molar-refractivity contribution in [3.05, 3.63) is 59.6 Å². The van der Waals surface area contributed by atoms with Crippen LogP contribution >= 0.6 is 12.2 Å². The van der Waals surface area contributed by atoms with Crippen LogP contribution in [0.3, 0.4) is 0 Å². The third-order valence-electron chi connectivity index (χ3n) is 4.34. The van der Waals surface area contributed by atoms with Crippen LogP contribution in [0, 0.1) is 0 Å². The number of anilines is 1. The topological polar surface area (TPSA) is 74.9 Å². The molecule has 0 bridgehead atoms. The second-order valence-corrected chi connectivity index (χ2v) is 7.10. The van der Waals surface area contributed by atoms with E-state index in [1.807, 2.05) is 6.92 Å². The summed E-state index contributed by atoms with van der Waals surface area (Å²) in [5.41, 5.74) is 2.64. The van der Waals surface area contributed by atoms with Crippen molar-refractivity contribution in [1.29, 1.82) is 0 Å². The molecule has 2 heterocycles. The number of alkyl halides is 3. The second kappa shape index (κ2) is 9.84. The number of hydrogen-bond donors (Lipinski definition) is 3. The molecular formula is C20H21F3N4O3S. The number of hydroxylamine groups is 3. The first-order valence-electron chi connectivity index (χ1n) is 9.56. The summed E-state index contributed by atoms with van der Waals surface area (Å²) in [7, 11) is 0. The molecule has 11 heteroatoms. The Bertz CT molecular complexity index is 944. The standard InChI is InChI=1S/C20H21F3N4O3S/c1-2-3-4-9-29-17-8-6-14(10-16(17)20(21,22)23)25-19(31)26-18(28)13-5-7-15-11-24-30-27(15)12-13/h5-8,10-12,24H,2-4,9H2,1H3,(H2,25,26,28,31). The van der Waals surface area contributed by atoms with Gasteiger partial charge < -0.3 is 10.1 Å². The fraction of sp³-hybridized carbons (Fsp3) is 0.300. The zero-order valence-corrected chi connectivity index (χ0v) is 17.4. The third kappa shape index (κ3) is 5.98. The van der Waals surface area contributed by atoms with Crippen LogP contribution < -0.4 is 20.9 Å². The molecule has 0 aliphatic carbocycles. The Hall–Kier alpha value is -3.05. The molecule has 0 radical (unpaired) electrons. The van der Waals surface area contributed by atoms with E-state index in [9.17, 15) is 18.0 Å². The Balaban J connectivity index is 1.63. The second-order valence-electron chi connectivity index (χ2n) is 6.69. The van der Waals surface area contributed by atoms with Gasteiger partial charge in [-0.2, -0.15) is 18.1 Å². The first-order chi connectivity index (χ1) is 14.8. The molecule has 31 heavy (non-hydrogen) atoms. The van der Waals surface area contributed by atoms with E-state index in [2.05, 4.69) is 16.1 Å². The van der Waals surface area contributed by atoms with Gasteiger partial charge in [0.15, 0.2) is 5.11 Å². The number of unbranched alkanes of at least 4 members (excludes halogenated alkanes) is 2. The number of benzene rings is 1. The van der Waals surface area contributed by atoms with Gasteiger partial charge in [-0.15, -0.1) is 0 Å². The van der Waals surface area contributed by atoms with Crippen molar-refractivity contribution in [3.8, 4) is 5.75 Å². The minimum absolute atomic E-state index is 0.0731. The van der Waals surface area contributed by atoms with Crippen LogP contribution in [0.4, 0.5) is 18.9 Å². The number of carbonyl (C=O) groups excluding carboxylic acids is 1. The molecule has 0 saturated heterocycles. The highest BCUT2D eigenvalue weighted by atomic mass is 32.1. The first-order valence-corrected chi connectivity index (χ1v) is 9.97. The van der Waals surface area contributed by atoms with Gasteiger partial charge in [-0.05, 0) is 49.0 Å². The molecule has 1 aromatic rings. The van der Waals surface area contributed by atoms with Gasteiger partial charge in [0.1, 0.15) is 5.75 Å². The molecule has 2 aliphatic rings. The number of thiocarbonyl (C=S) groups is 1. The zero-order chi connectivity index (χ0) is 22.4. The number of rotatable bonds is 7. The van der Waals surface area contributed by atoms with Crippen molar-refractivity contribution in [2.45, 2.75) is 32.4 Å². The van der Waals surface area contributed by atoms with Crippen molar-refractivity contribution in [1.82, 2.24) is 15.9 Å². The number of ether oxygens (including phenoxy) is 1. The van der Waals surface area contributed by atoms with Crippen molar-refractivity contribution >= 4 is 28.9 Å². The predicted molar refractivity (Wildman–Crippen MR) is 112 cm³/mol. The van der Waals surface area contributed by atoms with Gasteiger partial charge in [-0.25, -0.2) is 10.5 Å². The number of nitrogens with zero attached hydrogens (tertiary/aromatic N) is 1. The van der Waals surface area contributed by atoms with Gasteiger partial charge >= 0.3 is 6.18 Å². The minimum atomic E-state index is -4.60. The molecule has 1 amide bonds. The summed E-state index contributed by atoms with van der Waals surface area (Å²) in [5.74, 6) is -0.792. The van der Waals surface area contributed by atoms with E-state index in [4.69, 9.17) is 21.9 Å². The number of fused-ring (bicyclic) bond motifs is 1.